The number of carboxylic acid groups (broad SMARTS) is 1. The number of ether oxygens (including phenoxy) is 1. The Hall–Kier alpha value is -3.07. The first-order valence-corrected chi connectivity index (χ1v) is 8.74. The molecule has 0 aliphatic carbocycles. The number of aromatic nitrogens is 2. The van der Waals surface area contributed by atoms with Gasteiger partial charge in [0.1, 0.15) is 11.6 Å². The van der Waals surface area contributed by atoms with Gasteiger partial charge in [0.05, 0.1) is 0 Å². The van der Waals surface area contributed by atoms with Crippen molar-refractivity contribution >= 4 is 17.7 Å². The number of anilines is 2. The highest BCUT2D eigenvalue weighted by molar-refractivity contribution is 5.72. The lowest BCUT2D eigenvalue weighted by Gasteiger charge is -2.35. The first kappa shape index (κ1) is 18.7. The third kappa shape index (κ3) is 4.76. The van der Waals surface area contributed by atoms with Gasteiger partial charge in [-0.3, -0.25) is 14.7 Å². The summed E-state index contributed by atoms with van der Waals surface area (Å²) in [5.41, 5.74) is 6.29. The SMILES string of the molecule is CC(Oc1ccccc1CN1CCN(c2cc(=O)[nH]c(N)n2)CC1)C(=O)O. The standard InChI is InChI=1S/C18H23N5O4/c1-12(17(25)26)27-14-5-3-2-4-13(14)11-22-6-8-23(9-7-22)15-10-16(24)21-18(19)20-15/h2-5,10,12H,6-9,11H2,1H3,(H,25,26)(H3,19,20,21,24). The number of nitrogens with two attached hydrogens (primary N) is 1. The van der Waals surface area contributed by atoms with Gasteiger partial charge in [0.2, 0.25) is 5.95 Å². The molecule has 1 aliphatic rings. The predicted octanol–water partition coefficient (Wildman–Crippen LogP) is 0.526. The van der Waals surface area contributed by atoms with Crippen molar-refractivity contribution in [1.82, 2.24) is 14.9 Å². The van der Waals surface area contributed by atoms with Crippen molar-refractivity contribution in [2.75, 3.05) is 36.8 Å². The van der Waals surface area contributed by atoms with Crippen LogP contribution in [-0.2, 0) is 11.3 Å². The first-order valence-electron chi connectivity index (χ1n) is 8.74. The fourth-order valence-electron chi connectivity index (χ4n) is 2.99. The van der Waals surface area contributed by atoms with Crippen LogP contribution >= 0.6 is 0 Å². The van der Waals surface area contributed by atoms with E-state index >= 15 is 0 Å². The van der Waals surface area contributed by atoms with Gasteiger partial charge >= 0.3 is 5.97 Å². The Morgan fingerprint density at radius 3 is 2.70 bits per heavy atom. The van der Waals surface area contributed by atoms with Gasteiger partial charge in [-0.1, -0.05) is 18.2 Å². The van der Waals surface area contributed by atoms with E-state index in [9.17, 15) is 9.59 Å². The van der Waals surface area contributed by atoms with E-state index in [1.165, 1.54) is 13.0 Å². The fourth-order valence-corrected chi connectivity index (χ4v) is 2.99. The zero-order valence-corrected chi connectivity index (χ0v) is 15.1. The number of piperazine rings is 1. The van der Waals surface area contributed by atoms with Crippen LogP contribution in [0.1, 0.15) is 12.5 Å². The first-order chi connectivity index (χ1) is 12.9. The molecule has 9 nitrogen and oxygen atoms in total. The Kier molecular flexibility index (Phi) is 5.60. The molecule has 0 saturated carbocycles. The van der Waals surface area contributed by atoms with Crippen molar-refractivity contribution in [3.63, 3.8) is 0 Å². The molecule has 1 fully saturated rings. The molecule has 4 N–H and O–H groups in total. The lowest BCUT2D eigenvalue weighted by Crippen LogP contribution is -2.46. The van der Waals surface area contributed by atoms with Gasteiger partial charge in [0.25, 0.3) is 5.56 Å². The molecule has 0 radical (unpaired) electrons. The van der Waals surface area contributed by atoms with E-state index < -0.39 is 12.1 Å². The molecule has 1 atom stereocenters. The van der Waals surface area contributed by atoms with Crippen molar-refractivity contribution in [1.29, 1.82) is 0 Å². The number of nitrogens with zero attached hydrogens (tertiary/aromatic N) is 3. The van der Waals surface area contributed by atoms with Gasteiger partial charge in [-0.2, -0.15) is 4.98 Å². The summed E-state index contributed by atoms with van der Waals surface area (Å²) in [6.45, 7) is 5.14. The molecule has 27 heavy (non-hydrogen) atoms. The van der Waals surface area contributed by atoms with E-state index in [-0.39, 0.29) is 11.5 Å². The van der Waals surface area contributed by atoms with Gasteiger partial charge in [-0.25, -0.2) is 4.79 Å². The number of aliphatic carboxylic acids is 1. The molecule has 2 heterocycles. The van der Waals surface area contributed by atoms with Crippen molar-refractivity contribution in [2.45, 2.75) is 19.6 Å². The average molecular weight is 373 g/mol. The molecule has 0 amide bonds. The number of rotatable bonds is 6. The summed E-state index contributed by atoms with van der Waals surface area (Å²) < 4.78 is 5.57. The molecule has 1 saturated heterocycles. The van der Waals surface area contributed by atoms with E-state index in [4.69, 9.17) is 15.6 Å². The number of carboxylic acids is 1. The lowest BCUT2D eigenvalue weighted by molar-refractivity contribution is -0.144. The van der Waals surface area contributed by atoms with Crippen LogP contribution in [0.3, 0.4) is 0 Å². The minimum absolute atomic E-state index is 0.110. The third-order valence-electron chi connectivity index (χ3n) is 4.46. The maximum atomic E-state index is 11.6. The maximum absolute atomic E-state index is 11.6. The van der Waals surface area contributed by atoms with Crippen LogP contribution in [0.25, 0.3) is 0 Å². The number of hydrogen-bond donors (Lipinski definition) is 3. The number of aromatic amines is 1. The minimum atomic E-state index is -0.997. The minimum Gasteiger partial charge on any atom is -0.479 e. The van der Waals surface area contributed by atoms with Crippen LogP contribution in [0.5, 0.6) is 5.75 Å². The molecule has 1 aliphatic heterocycles. The van der Waals surface area contributed by atoms with Crippen molar-refractivity contribution < 1.29 is 14.6 Å². The van der Waals surface area contributed by atoms with Crippen LogP contribution in [-0.4, -0.2) is 58.2 Å². The summed E-state index contributed by atoms with van der Waals surface area (Å²) in [6.07, 6.45) is -0.907. The van der Waals surface area contributed by atoms with Crippen LogP contribution in [0, 0.1) is 0 Å². The fraction of sp³-hybridized carbons (Fsp3) is 0.389. The van der Waals surface area contributed by atoms with E-state index in [1.807, 2.05) is 23.1 Å². The number of carbonyl (C=O) groups is 1. The van der Waals surface area contributed by atoms with Crippen molar-refractivity contribution in [3.05, 3.63) is 46.2 Å². The Balaban J connectivity index is 1.63. The summed E-state index contributed by atoms with van der Waals surface area (Å²) in [7, 11) is 0. The van der Waals surface area contributed by atoms with Gasteiger partial charge in [0, 0.05) is 44.4 Å². The zero-order valence-electron chi connectivity index (χ0n) is 15.1. The Labute approximate surface area is 156 Å². The average Bonchev–Trinajstić information content (AvgIpc) is 2.63. The van der Waals surface area contributed by atoms with E-state index in [1.54, 1.807) is 6.07 Å². The monoisotopic (exact) mass is 373 g/mol. The van der Waals surface area contributed by atoms with Gasteiger partial charge < -0.3 is 20.5 Å². The zero-order chi connectivity index (χ0) is 19.4. The van der Waals surface area contributed by atoms with Gasteiger partial charge in [0.15, 0.2) is 6.10 Å². The smallest absolute Gasteiger partial charge is 0.344 e. The number of benzene rings is 1. The quantitative estimate of drug-likeness (QED) is 0.670. The van der Waals surface area contributed by atoms with Gasteiger partial charge in [-0.05, 0) is 13.0 Å². The molecule has 144 valence electrons. The van der Waals surface area contributed by atoms with E-state index in [2.05, 4.69) is 14.9 Å². The highest BCUT2D eigenvalue weighted by Gasteiger charge is 2.21. The predicted molar refractivity (Wildman–Crippen MR) is 101 cm³/mol. The maximum Gasteiger partial charge on any atom is 0.344 e. The molecule has 3 rings (SSSR count). The molecule has 0 spiro atoms. The van der Waals surface area contributed by atoms with Crippen molar-refractivity contribution in [2.24, 2.45) is 0 Å². The van der Waals surface area contributed by atoms with Crippen LogP contribution in [0.4, 0.5) is 11.8 Å². The molecular weight excluding hydrogens is 350 g/mol. The summed E-state index contributed by atoms with van der Waals surface area (Å²) in [4.78, 5) is 33.5. The largest absolute Gasteiger partial charge is 0.479 e. The topological polar surface area (TPSA) is 125 Å². The number of H-pyrrole nitrogens is 1. The lowest BCUT2D eigenvalue weighted by atomic mass is 10.1. The Bertz CT molecular complexity index is 861. The summed E-state index contributed by atoms with van der Waals surface area (Å²) >= 11 is 0. The third-order valence-corrected chi connectivity index (χ3v) is 4.46. The molecular formula is C18H23N5O4. The number of para-hydroxylation sites is 1. The number of nitrogen functional groups attached to an aromatic ring is 1. The van der Waals surface area contributed by atoms with Crippen LogP contribution in [0.15, 0.2) is 35.1 Å². The highest BCUT2D eigenvalue weighted by Crippen LogP contribution is 2.22. The van der Waals surface area contributed by atoms with Crippen LogP contribution in [0.2, 0.25) is 0 Å². The van der Waals surface area contributed by atoms with Crippen molar-refractivity contribution in [3.8, 4) is 5.75 Å². The molecule has 0 bridgehead atoms. The van der Waals surface area contributed by atoms with E-state index in [0.717, 1.165) is 18.7 Å². The number of nitrogens with one attached hydrogen (secondary N) is 1. The summed E-state index contributed by atoms with van der Waals surface area (Å²) in [5, 5.41) is 9.05. The highest BCUT2D eigenvalue weighted by atomic mass is 16.5. The van der Waals surface area contributed by atoms with E-state index in [0.29, 0.717) is 31.2 Å². The molecule has 1 unspecified atom stereocenters. The van der Waals surface area contributed by atoms with Crippen LogP contribution < -0.4 is 20.9 Å². The second kappa shape index (κ2) is 8.09. The summed E-state index contributed by atoms with van der Waals surface area (Å²) in [6, 6.07) is 8.91. The normalized spacial score (nSPS) is 16.1. The summed E-state index contributed by atoms with van der Waals surface area (Å²) in [5.74, 6) is 0.273. The molecule has 9 heteroatoms. The Morgan fingerprint density at radius 2 is 2.04 bits per heavy atom. The molecule has 2 aromatic rings. The molecule has 1 aromatic carbocycles. The Morgan fingerprint density at radius 1 is 1.33 bits per heavy atom. The molecule has 1 aromatic heterocycles. The second-order valence-corrected chi connectivity index (χ2v) is 6.46. The second-order valence-electron chi connectivity index (χ2n) is 6.46. The van der Waals surface area contributed by atoms with Gasteiger partial charge in [-0.15, -0.1) is 0 Å². The number of hydrogen-bond acceptors (Lipinski definition) is 7.